The Morgan fingerprint density at radius 2 is 1.17 bits per heavy atom. The van der Waals surface area contributed by atoms with Gasteiger partial charge < -0.3 is 21.3 Å². The molecule has 2 aliphatic rings. The molecule has 0 saturated carbocycles. The minimum Gasteiger partial charge on any atom is -0.326 e. The lowest BCUT2D eigenvalue weighted by Crippen LogP contribution is -2.18. The number of rotatable bonds is 7. The van der Waals surface area contributed by atoms with E-state index in [1.165, 1.54) is 5.56 Å². The van der Waals surface area contributed by atoms with Crippen molar-refractivity contribution in [2.24, 2.45) is 0 Å². The predicted octanol–water partition coefficient (Wildman–Crippen LogP) is 8.01. The van der Waals surface area contributed by atoms with Crippen molar-refractivity contribution in [3.63, 3.8) is 0 Å². The van der Waals surface area contributed by atoms with Gasteiger partial charge in [0.05, 0.1) is 0 Å². The number of nitrogens with zero attached hydrogens (tertiary/aromatic N) is 4. The van der Waals surface area contributed by atoms with Gasteiger partial charge in [-0.1, -0.05) is 54.5 Å². The average molecular weight is 713 g/mol. The number of hydrogen-bond donors (Lipinski definition) is 4. The lowest BCUT2D eigenvalue weighted by Gasteiger charge is -2.18. The quantitative estimate of drug-likeness (QED) is 0.122. The summed E-state index contributed by atoms with van der Waals surface area (Å²) in [6, 6.07) is 32.0. The van der Waals surface area contributed by atoms with Crippen molar-refractivity contribution >= 4 is 46.5 Å². The fourth-order valence-electron chi connectivity index (χ4n) is 6.16. The first-order valence-corrected chi connectivity index (χ1v) is 18.0. The van der Waals surface area contributed by atoms with Crippen LogP contribution < -0.4 is 21.3 Å². The molecule has 10 nitrogen and oxygen atoms in total. The van der Waals surface area contributed by atoms with Crippen molar-refractivity contribution < 1.29 is 9.59 Å². The van der Waals surface area contributed by atoms with E-state index in [4.69, 9.17) is 4.98 Å². The number of aromatic nitrogens is 4. The number of hydrogen-bond acceptors (Lipinski definition) is 8. The van der Waals surface area contributed by atoms with Gasteiger partial charge in [-0.25, -0.2) is 19.9 Å². The van der Waals surface area contributed by atoms with E-state index in [0.717, 1.165) is 81.9 Å². The number of carbonyl (C=O) groups excluding carboxylic acids is 2. The molecular weight excluding hydrogens is 673 g/mol. The number of anilines is 6. The Hall–Kier alpha value is -6.86. The van der Waals surface area contributed by atoms with E-state index in [2.05, 4.69) is 78.4 Å². The van der Waals surface area contributed by atoms with Gasteiger partial charge in [0.2, 0.25) is 23.7 Å². The van der Waals surface area contributed by atoms with Crippen LogP contribution in [0.1, 0.15) is 57.6 Å². The number of carbonyl (C=O) groups is 2. The highest BCUT2D eigenvalue weighted by molar-refractivity contribution is 5.95. The number of aryl methyl sites for hydroxylation is 6. The van der Waals surface area contributed by atoms with Gasteiger partial charge in [0.1, 0.15) is 5.69 Å². The fraction of sp³-hybridized carbons (Fsp3) is 0.182. The van der Waals surface area contributed by atoms with Crippen LogP contribution in [0, 0.1) is 25.7 Å². The molecule has 6 aromatic rings. The zero-order chi connectivity index (χ0) is 37.3. The van der Waals surface area contributed by atoms with Crippen molar-refractivity contribution in [1.29, 1.82) is 0 Å². The van der Waals surface area contributed by atoms with Crippen molar-refractivity contribution in [1.82, 2.24) is 19.9 Å². The molecular formula is C44H40N8O2. The fourth-order valence-corrected chi connectivity index (χ4v) is 6.16. The normalized spacial score (nSPS) is 12.7. The second-order valence-corrected chi connectivity index (χ2v) is 13.2. The van der Waals surface area contributed by atoms with Crippen LogP contribution in [0.15, 0.2) is 109 Å². The molecule has 0 fully saturated rings. The standard InChI is InChI=1S/C22H22N4O.C22H18N4O/c2*1-15-14-23-22(26-19(15)10-7-16-5-3-2-4-6-16)24-18-9-11-20-17(13-18)8-12-21(27)25-20/h2-6,9,11,13-14H,7-8,10,12H2,1H3,(H,25,27)(H,23,24,26);2-6,9,11,13-14H,8,12H2,1H3,(H,25,27)(H,23,24,26). The van der Waals surface area contributed by atoms with E-state index in [1.54, 1.807) is 6.20 Å². The van der Waals surface area contributed by atoms with Crippen LogP contribution in [0.25, 0.3) is 0 Å². The first-order valence-electron chi connectivity index (χ1n) is 18.0. The SMILES string of the molecule is Cc1cnc(Nc2ccc3c(c2)CCC(=O)N3)nc1C#Cc1ccccc1.Cc1cnc(Nc2ccc3c(c2)CCC(=O)N3)nc1CCc1ccccc1. The molecule has 4 N–H and O–H groups in total. The highest BCUT2D eigenvalue weighted by atomic mass is 16.2. The van der Waals surface area contributed by atoms with Gasteiger partial charge in [0, 0.05) is 64.8 Å². The van der Waals surface area contributed by atoms with E-state index < -0.39 is 0 Å². The lowest BCUT2D eigenvalue weighted by molar-refractivity contribution is -0.117. The Morgan fingerprint density at radius 1 is 0.611 bits per heavy atom. The number of benzene rings is 4. The van der Waals surface area contributed by atoms with Crippen LogP contribution in [0.4, 0.5) is 34.6 Å². The topological polar surface area (TPSA) is 134 Å². The molecule has 4 aromatic carbocycles. The molecule has 0 bridgehead atoms. The molecule has 0 spiro atoms. The Balaban J connectivity index is 0.000000167. The Kier molecular flexibility index (Phi) is 11.0. The third-order valence-electron chi connectivity index (χ3n) is 9.15. The summed E-state index contributed by atoms with van der Waals surface area (Å²) in [5.41, 5.74) is 11.9. The lowest BCUT2D eigenvalue weighted by atomic mass is 10.0. The second-order valence-electron chi connectivity index (χ2n) is 13.2. The van der Waals surface area contributed by atoms with E-state index >= 15 is 0 Å². The maximum absolute atomic E-state index is 11.5. The van der Waals surface area contributed by atoms with E-state index in [-0.39, 0.29) is 11.8 Å². The van der Waals surface area contributed by atoms with Crippen LogP contribution in [0.2, 0.25) is 0 Å². The van der Waals surface area contributed by atoms with Crippen LogP contribution in [0.3, 0.4) is 0 Å². The predicted molar refractivity (Wildman–Crippen MR) is 213 cm³/mol. The minimum atomic E-state index is 0.0618. The van der Waals surface area contributed by atoms with Crippen molar-refractivity contribution in [2.45, 2.75) is 52.4 Å². The van der Waals surface area contributed by atoms with Gasteiger partial charge >= 0.3 is 0 Å². The Bertz CT molecular complexity index is 2370. The highest BCUT2D eigenvalue weighted by Crippen LogP contribution is 2.28. The van der Waals surface area contributed by atoms with E-state index in [1.807, 2.05) is 86.8 Å². The molecule has 0 saturated heterocycles. The smallest absolute Gasteiger partial charge is 0.228 e. The molecule has 0 aliphatic carbocycles. The number of nitrogens with one attached hydrogen (secondary N) is 4. The van der Waals surface area contributed by atoms with Gasteiger partial charge in [-0.15, -0.1) is 0 Å². The zero-order valence-corrected chi connectivity index (χ0v) is 30.2. The Morgan fingerprint density at radius 3 is 1.78 bits per heavy atom. The number of fused-ring (bicyclic) bond motifs is 2. The average Bonchev–Trinajstić information content (AvgIpc) is 3.19. The highest BCUT2D eigenvalue weighted by Gasteiger charge is 2.16. The molecule has 8 rings (SSSR count). The third kappa shape index (κ3) is 9.32. The molecule has 10 heteroatoms. The monoisotopic (exact) mass is 712 g/mol. The first-order chi connectivity index (χ1) is 26.3. The van der Waals surface area contributed by atoms with Crippen LogP contribution in [-0.2, 0) is 35.3 Å². The van der Waals surface area contributed by atoms with Crippen molar-refractivity contribution in [3.05, 3.63) is 154 Å². The maximum atomic E-state index is 11.5. The van der Waals surface area contributed by atoms with Crippen molar-refractivity contribution in [2.75, 3.05) is 21.3 Å². The first kappa shape index (κ1) is 35.5. The van der Waals surface area contributed by atoms with Gasteiger partial charge in [0.15, 0.2) is 0 Å². The summed E-state index contributed by atoms with van der Waals surface area (Å²) >= 11 is 0. The summed E-state index contributed by atoms with van der Waals surface area (Å²) in [6.45, 7) is 3.99. The van der Waals surface area contributed by atoms with Crippen LogP contribution in [0.5, 0.6) is 0 Å². The summed E-state index contributed by atoms with van der Waals surface area (Å²) in [6.07, 6.45) is 8.00. The van der Waals surface area contributed by atoms with Gasteiger partial charge in [0.25, 0.3) is 0 Å². The van der Waals surface area contributed by atoms with Gasteiger partial charge in [-0.05, 0) is 116 Å². The number of amides is 2. The van der Waals surface area contributed by atoms with Gasteiger partial charge in [-0.2, -0.15) is 0 Å². The molecule has 2 aliphatic heterocycles. The molecule has 54 heavy (non-hydrogen) atoms. The summed E-state index contributed by atoms with van der Waals surface area (Å²) in [5, 5.41) is 12.3. The molecule has 2 amide bonds. The molecule has 0 radical (unpaired) electrons. The van der Waals surface area contributed by atoms with E-state index in [0.29, 0.717) is 30.4 Å². The molecule has 0 atom stereocenters. The van der Waals surface area contributed by atoms with Crippen LogP contribution in [-0.4, -0.2) is 31.8 Å². The molecule has 0 unspecified atom stereocenters. The summed E-state index contributed by atoms with van der Waals surface area (Å²) in [5.74, 6) is 7.49. The third-order valence-corrected chi connectivity index (χ3v) is 9.15. The van der Waals surface area contributed by atoms with Crippen LogP contribution >= 0.6 is 0 Å². The minimum absolute atomic E-state index is 0.0618. The molecule has 2 aromatic heterocycles. The summed E-state index contributed by atoms with van der Waals surface area (Å²) < 4.78 is 0. The van der Waals surface area contributed by atoms with Crippen molar-refractivity contribution in [3.8, 4) is 11.8 Å². The molecule has 4 heterocycles. The summed E-state index contributed by atoms with van der Waals surface area (Å²) in [7, 11) is 0. The maximum Gasteiger partial charge on any atom is 0.228 e. The van der Waals surface area contributed by atoms with Gasteiger partial charge in [-0.3, -0.25) is 9.59 Å². The summed E-state index contributed by atoms with van der Waals surface area (Å²) in [4.78, 5) is 41.0. The largest absolute Gasteiger partial charge is 0.326 e. The van der Waals surface area contributed by atoms with E-state index in [9.17, 15) is 9.59 Å². The zero-order valence-electron chi connectivity index (χ0n) is 30.2. The molecule has 268 valence electrons. The Labute approximate surface area is 314 Å². The second kappa shape index (κ2) is 16.7.